The van der Waals surface area contributed by atoms with Crippen LogP contribution in [0.4, 0.5) is 5.69 Å². The smallest absolute Gasteiger partial charge is 0.272 e. The molecule has 0 spiro atoms. The number of para-hydroxylation sites is 1. The summed E-state index contributed by atoms with van der Waals surface area (Å²) in [6, 6.07) is 26.6. The van der Waals surface area contributed by atoms with E-state index >= 15 is 0 Å². The van der Waals surface area contributed by atoms with Crippen LogP contribution in [0.15, 0.2) is 84.9 Å². The van der Waals surface area contributed by atoms with Gasteiger partial charge in [0.1, 0.15) is 11.4 Å². The van der Waals surface area contributed by atoms with Gasteiger partial charge in [0.15, 0.2) is 5.65 Å². The number of piperazine rings is 1. The number of ether oxygens (including phenoxy) is 1. The third-order valence-electron chi connectivity index (χ3n) is 6.93. The van der Waals surface area contributed by atoms with Crippen LogP contribution in [0.5, 0.6) is 5.75 Å². The topological polar surface area (TPSA) is 63.0 Å². The van der Waals surface area contributed by atoms with Crippen molar-refractivity contribution in [2.75, 3.05) is 38.2 Å². The minimum Gasteiger partial charge on any atom is -0.497 e. The first-order chi connectivity index (χ1) is 19.0. The van der Waals surface area contributed by atoms with Crippen molar-refractivity contribution in [2.24, 2.45) is 0 Å². The Morgan fingerprint density at radius 1 is 0.821 bits per heavy atom. The maximum Gasteiger partial charge on any atom is 0.272 e. The fourth-order valence-electron chi connectivity index (χ4n) is 4.82. The lowest BCUT2D eigenvalue weighted by atomic mass is 10.1. The largest absolute Gasteiger partial charge is 0.497 e. The van der Waals surface area contributed by atoms with Gasteiger partial charge in [-0.05, 0) is 54.6 Å². The SMILES string of the molecule is COc1ccc(-c2cc(C(=O)N3CCN(c4ccccc4Cl)CC3)n3nc(-c4ccc(Cl)cc4)cc3n2)cc1. The quantitative estimate of drug-likeness (QED) is 0.252. The number of fused-ring (bicyclic) bond motifs is 1. The van der Waals surface area contributed by atoms with Gasteiger partial charge in [0.25, 0.3) is 5.91 Å². The zero-order valence-electron chi connectivity index (χ0n) is 21.2. The lowest BCUT2D eigenvalue weighted by molar-refractivity contribution is 0.0738. The van der Waals surface area contributed by atoms with E-state index in [4.69, 9.17) is 38.0 Å². The zero-order chi connectivity index (χ0) is 26.9. The van der Waals surface area contributed by atoms with Crippen molar-refractivity contribution in [3.05, 3.63) is 101 Å². The molecule has 39 heavy (non-hydrogen) atoms. The maximum absolute atomic E-state index is 14.0. The first kappa shape index (κ1) is 25.2. The number of hydrogen-bond donors (Lipinski definition) is 0. The zero-order valence-corrected chi connectivity index (χ0v) is 22.7. The van der Waals surface area contributed by atoms with Crippen molar-refractivity contribution in [3.63, 3.8) is 0 Å². The fraction of sp³-hybridized carbons (Fsp3) is 0.167. The molecule has 3 heterocycles. The molecule has 196 valence electrons. The summed E-state index contributed by atoms with van der Waals surface area (Å²) in [5.41, 5.74) is 5.20. The molecule has 0 unspecified atom stereocenters. The second-order valence-corrected chi connectivity index (χ2v) is 10.1. The van der Waals surface area contributed by atoms with E-state index in [9.17, 15) is 4.79 Å². The summed E-state index contributed by atoms with van der Waals surface area (Å²) in [7, 11) is 1.63. The molecule has 0 N–H and O–H groups in total. The minimum absolute atomic E-state index is 0.0956. The van der Waals surface area contributed by atoms with Gasteiger partial charge in [0.05, 0.1) is 29.2 Å². The van der Waals surface area contributed by atoms with Crippen molar-refractivity contribution in [1.29, 1.82) is 0 Å². The van der Waals surface area contributed by atoms with Crippen LogP contribution in [-0.4, -0.2) is 58.7 Å². The van der Waals surface area contributed by atoms with Crippen LogP contribution in [-0.2, 0) is 0 Å². The van der Waals surface area contributed by atoms with Gasteiger partial charge < -0.3 is 14.5 Å². The summed E-state index contributed by atoms with van der Waals surface area (Å²) in [6.45, 7) is 2.50. The van der Waals surface area contributed by atoms with Crippen LogP contribution >= 0.6 is 23.2 Å². The number of benzene rings is 3. The minimum atomic E-state index is -0.0956. The predicted octanol–water partition coefficient (Wildman–Crippen LogP) is 6.34. The van der Waals surface area contributed by atoms with Crippen LogP contribution < -0.4 is 9.64 Å². The number of carbonyl (C=O) groups is 1. The van der Waals surface area contributed by atoms with Gasteiger partial charge in [-0.2, -0.15) is 5.10 Å². The molecule has 0 bridgehead atoms. The number of halogens is 2. The van der Waals surface area contributed by atoms with Gasteiger partial charge in [0, 0.05) is 48.4 Å². The van der Waals surface area contributed by atoms with Crippen molar-refractivity contribution >= 4 is 40.4 Å². The van der Waals surface area contributed by atoms with Crippen LogP contribution in [0.25, 0.3) is 28.2 Å². The molecule has 0 saturated carbocycles. The first-order valence-corrected chi connectivity index (χ1v) is 13.4. The molecule has 2 aromatic heterocycles. The second-order valence-electron chi connectivity index (χ2n) is 9.29. The predicted molar refractivity (Wildman–Crippen MR) is 155 cm³/mol. The number of anilines is 1. The number of nitrogens with zero attached hydrogens (tertiary/aromatic N) is 5. The standard InChI is InChI=1S/C30H25Cl2N5O2/c1-39-23-12-8-20(9-13-23)25-18-28(37-29(33-25)19-26(34-37)21-6-10-22(31)11-7-21)30(38)36-16-14-35(15-17-36)27-5-3-2-4-24(27)32/h2-13,18-19H,14-17H2,1H3. The maximum atomic E-state index is 14.0. The summed E-state index contributed by atoms with van der Waals surface area (Å²) < 4.78 is 6.95. The van der Waals surface area contributed by atoms with Crippen molar-refractivity contribution in [1.82, 2.24) is 19.5 Å². The van der Waals surface area contributed by atoms with Crippen molar-refractivity contribution in [3.8, 4) is 28.3 Å². The molecule has 9 heteroatoms. The molecular formula is C30H25Cl2N5O2. The Morgan fingerprint density at radius 2 is 1.49 bits per heavy atom. The van der Waals surface area contributed by atoms with Crippen LogP contribution in [0.3, 0.4) is 0 Å². The number of amides is 1. The highest BCUT2D eigenvalue weighted by atomic mass is 35.5. The van der Waals surface area contributed by atoms with Gasteiger partial charge in [0.2, 0.25) is 0 Å². The Kier molecular flexibility index (Phi) is 6.85. The lowest BCUT2D eigenvalue weighted by Crippen LogP contribution is -2.49. The van der Waals surface area contributed by atoms with E-state index in [1.54, 1.807) is 11.6 Å². The summed E-state index contributed by atoms with van der Waals surface area (Å²) in [4.78, 5) is 22.9. The Labute approximate surface area is 236 Å². The number of hydrogen-bond acceptors (Lipinski definition) is 5. The van der Waals surface area contributed by atoms with Gasteiger partial charge in [-0.1, -0.05) is 47.5 Å². The number of aromatic nitrogens is 3. The van der Waals surface area contributed by atoms with Crippen LogP contribution in [0, 0.1) is 0 Å². The molecule has 3 aromatic carbocycles. The summed E-state index contributed by atoms with van der Waals surface area (Å²) >= 11 is 12.5. The Balaban J connectivity index is 1.36. The highest BCUT2D eigenvalue weighted by Gasteiger charge is 2.26. The van der Waals surface area contributed by atoms with Gasteiger partial charge in [-0.25, -0.2) is 9.50 Å². The van der Waals surface area contributed by atoms with Crippen LogP contribution in [0.1, 0.15) is 10.5 Å². The molecule has 1 saturated heterocycles. The molecule has 6 rings (SSSR count). The van der Waals surface area contributed by atoms with E-state index in [-0.39, 0.29) is 5.91 Å². The molecule has 0 atom stereocenters. The first-order valence-electron chi connectivity index (χ1n) is 12.6. The molecule has 1 aliphatic rings. The Hall–Kier alpha value is -4.07. The monoisotopic (exact) mass is 557 g/mol. The van der Waals surface area contributed by atoms with E-state index in [1.165, 1.54) is 0 Å². The van der Waals surface area contributed by atoms with Gasteiger partial charge >= 0.3 is 0 Å². The third-order valence-corrected chi connectivity index (χ3v) is 7.50. The lowest BCUT2D eigenvalue weighted by Gasteiger charge is -2.36. The molecule has 1 aliphatic heterocycles. The van der Waals surface area contributed by atoms with E-state index in [2.05, 4.69) is 4.90 Å². The molecular weight excluding hydrogens is 533 g/mol. The number of methoxy groups -OCH3 is 1. The Morgan fingerprint density at radius 3 is 2.18 bits per heavy atom. The average molecular weight is 558 g/mol. The molecule has 1 fully saturated rings. The molecule has 0 aliphatic carbocycles. The molecule has 5 aromatic rings. The highest BCUT2D eigenvalue weighted by Crippen LogP contribution is 2.29. The van der Waals surface area contributed by atoms with Crippen LogP contribution in [0.2, 0.25) is 10.0 Å². The fourth-order valence-corrected chi connectivity index (χ4v) is 5.20. The van der Waals surface area contributed by atoms with E-state index < -0.39 is 0 Å². The number of carbonyl (C=O) groups excluding carboxylic acids is 1. The summed E-state index contributed by atoms with van der Waals surface area (Å²) in [6.07, 6.45) is 0. The third kappa shape index (κ3) is 5.03. The normalized spacial score (nSPS) is 13.6. The average Bonchev–Trinajstić information content (AvgIpc) is 3.41. The molecule has 0 radical (unpaired) electrons. The summed E-state index contributed by atoms with van der Waals surface area (Å²) in [5, 5.41) is 6.14. The van der Waals surface area contributed by atoms with Gasteiger partial charge in [-0.3, -0.25) is 4.79 Å². The molecule has 7 nitrogen and oxygen atoms in total. The van der Waals surface area contributed by atoms with Gasteiger partial charge in [-0.15, -0.1) is 0 Å². The van der Waals surface area contributed by atoms with Crippen molar-refractivity contribution in [2.45, 2.75) is 0 Å². The van der Waals surface area contributed by atoms with E-state index in [1.807, 2.05) is 89.8 Å². The Bertz CT molecular complexity index is 1640. The molecule has 1 amide bonds. The summed E-state index contributed by atoms with van der Waals surface area (Å²) in [5.74, 6) is 0.656. The van der Waals surface area contributed by atoms with E-state index in [0.717, 1.165) is 22.6 Å². The second kappa shape index (κ2) is 10.6. The number of rotatable bonds is 5. The van der Waals surface area contributed by atoms with E-state index in [0.29, 0.717) is 59.0 Å². The van der Waals surface area contributed by atoms with Crippen molar-refractivity contribution < 1.29 is 9.53 Å². The highest BCUT2D eigenvalue weighted by molar-refractivity contribution is 6.33.